The molecule has 0 aromatic carbocycles. The van der Waals surface area contributed by atoms with Crippen molar-refractivity contribution in [2.75, 3.05) is 7.05 Å². The molecule has 0 saturated heterocycles. The Bertz CT molecular complexity index is 467. The molecule has 7 heteroatoms. The number of halogens is 1. The minimum atomic E-state index is -1.27. The Morgan fingerprint density at radius 2 is 2.50 bits per heavy atom. The lowest BCUT2D eigenvalue weighted by molar-refractivity contribution is 0.103. The van der Waals surface area contributed by atoms with E-state index in [0.717, 1.165) is 26.0 Å². The lowest BCUT2D eigenvalue weighted by atomic mass is 10.0. The van der Waals surface area contributed by atoms with Gasteiger partial charge in [-0.05, 0) is 31.9 Å². The first kappa shape index (κ1) is 17.9. The van der Waals surface area contributed by atoms with Crippen LogP contribution >= 0.6 is 25.6 Å². The van der Waals surface area contributed by atoms with Gasteiger partial charge in [-0.3, -0.25) is 4.78 Å². The van der Waals surface area contributed by atoms with Crippen molar-refractivity contribution in [2.45, 2.75) is 32.0 Å². The van der Waals surface area contributed by atoms with Gasteiger partial charge in [-0.15, -0.1) is 0 Å². The van der Waals surface area contributed by atoms with Gasteiger partial charge >= 0.3 is 0 Å². The van der Waals surface area contributed by atoms with Gasteiger partial charge in [0.15, 0.2) is 5.34 Å². The number of allylic oxidation sites excluding steroid dienone is 3. The maximum absolute atomic E-state index is 5.97. The summed E-state index contributed by atoms with van der Waals surface area (Å²) in [6, 6.07) is 0. The number of rotatable bonds is 7. The molecule has 0 fully saturated rings. The standard InChI is InChI=1S/C13H21ClN2OP2S/c1-5-13(2,18-20)17-12-8-6-11(7-9-12)10-15-16(3)19(4)14/h6,8-11,19H,4-5,7H2,1-3H3/b15-10+. The highest BCUT2D eigenvalue weighted by Gasteiger charge is 2.22. The first-order chi connectivity index (χ1) is 9.40. The summed E-state index contributed by atoms with van der Waals surface area (Å²) in [5.41, 5.74) is 0. The fraction of sp³-hybridized carbons (Fsp3) is 0.538. The number of hydrogen-bond acceptors (Lipinski definition) is 4. The number of nitrogens with zero attached hydrogens (tertiary/aromatic N) is 2. The van der Waals surface area contributed by atoms with E-state index < -0.39 is 7.05 Å². The second-order valence-electron chi connectivity index (χ2n) is 4.75. The molecule has 3 atom stereocenters. The summed E-state index contributed by atoms with van der Waals surface area (Å²) >= 11 is 11.0. The number of ether oxygens (including phenoxy) is 1. The van der Waals surface area contributed by atoms with E-state index in [-0.39, 0.29) is 11.3 Å². The molecule has 0 radical (unpaired) electrons. The highest BCUT2D eigenvalue weighted by molar-refractivity contribution is 7.97. The van der Waals surface area contributed by atoms with Crippen LogP contribution in [0.5, 0.6) is 0 Å². The highest BCUT2D eigenvalue weighted by Crippen LogP contribution is 2.33. The summed E-state index contributed by atoms with van der Waals surface area (Å²) in [6.07, 6.45) is 13.6. The maximum Gasteiger partial charge on any atom is 0.156 e. The molecule has 1 aliphatic carbocycles. The van der Waals surface area contributed by atoms with Gasteiger partial charge in [0.25, 0.3) is 0 Å². The molecule has 0 N–H and O–H groups in total. The van der Waals surface area contributed by atoms with E-state index in [1.165, 1.54) is 0 Å². The maximum atomic E-state index is 5.97. The van der Waals surface area contributed by atoms with Crippen LogP contribution in [-0.2, 0) is 16.5 Å². The van der Waals surface area contributed by atoms with Crippen LogP contribution in [0.25, 0.3) is 0 Å². The van der Waals surface area contributed by atoms with Gasteiger partial charge in [0.2, 0.25) is 0 Å². The molecule has 112 valence electrons. The van der Waals surface area contributed by atoms with Gasteiger partial charge in [0.05, 0.1) is 7.05 Å². The quantitative estimate of drug-likeness (QED) is 0.380. The minimum absolute atomic E-state index is 0.275. The van der Waals surface area contributed by atoms with E-state index >= 15 is 0 Å². The second kappa shape index (κ2) is 8.34. The highest BCUT2D eigenvalue weighted by atomic mass is 35.7. The van der Waals surface area contributed by atoms with Crippen LogP contribution in [0.3, 0.4) is 0 Å². The Morgan fingerprint density at radius 3 is 2.95 bits per heavy atom. The SMILES string of the molecule is C=[PH](Cl)N(C)/N=C/C1C=CC(OC(C)(CC)P=S)=CC1. The lowest BCUT2D eigenvalue weighted by Gasteiger charge is -2.26. The smallest absolute Gasteiger partial charge is 0.156 e. The molecule has 0 aliphatic heterocycles. The van der Waals surface area contributed by atoms with Crippen LogP contribution in [0.15, 0.2) is 29.1 Å². The Kier molecular flexibility index (Phi) is 7.47. The van der Waals surface area contributed by atoms with Gasteiger partial charge in [-0.2, -0.15) is 5.10 Å². The first-order valence-electron chi connectivity index (χ1n) is 6.44. The van der Waals surface area contributed by atoms with E-state index in [9.17, 15) is 0 Å². The Balaban J connectivity index is 2.56. The molecule has 0 saturated carbocycles. The van der Waals surface area contributed by atoms with Crippen LogP contribution in [-0.4, -0.2) is 29.7 Å². The van der Waals surface area contributed by atoms with Gasteiger partial charge < -0.3 is 4.74 Å². The van der Waals surface area contributed by atoms with Crippen molar-refractivity contribution >= 4 is 50.0 Å². The van der Waals surface area contributed by atoms with Gasteiger partial charge in [0.1, 0.15) is 5.76 Å². The van der Waals surface area contributed by atoms with E-state index in [1.54, 1.807) is 4.78 Å². The molecule has 0 aromatic rings. The first-order valence-corrected chi connectivity index (χ1v) is 11.0. The van der Waals surface area contributed by atoms with Crippen LogP contribution in [0, 0.1) is 5.92 Å². The molecule has 0 amide bonds. The van der Waals surface area contributed by atoms with Crippen molar-refractivity contribution < 1.29 is 4.74 Å². The van der Waals surface area contributed by atoms with Gasteiger partial charge in [-0.25, -0.2) is 0 Å². The molecule has 1 aliphatic rings. The topological polar surface area (TPSA) is 24.8 Å². The Hall–Kier alpha value is -0.140. The zero-order valence-electron chi connectivity index (χ0n) is 12.0. The van der Waals surface area contributed by atoms with Crippen LogP contribution in [0.2, 0.25) is 0 Å². The van der Waals surface area contributed by atoms with Crippen molar-refractivity contribution in [3.05, 3.63) is 24.0 Å². The van der Waals surface area contributed by atoms with E-state index in [0.29, 0.717) is 0 Å². The zero-order chi connectivity index (χ0) is 15.2. The Labute approximate surface area is 133 Å². The third kappa shape index (κ3) is 5.69. The van der Waals surface area contributed by atoms with Gasteiger partial charge in [-0.1, -0.05) is 42.3 Å². The molecule has 1 rings (SSSR count). The lowest BCUT2D eigenvalue weighted by Crippen LogP contribution is -2.20. The van der Waals surface area contributed by atoms with Crippen molar-refractivity contribution in [3.8, 4) is 0 Å². The summed E-state index contributed by atoms with van der Waals surface area (Å²) < 4.78 is 7.69. The third-order valence-electron chi connectivity index (χ3n) is 3.07. The van der Waals surface area contributed by atoms with Gasteiger partial charge in [0, 0.05) is 26.5 Å². The fourth-order valence-electron chi connectivity index (χ4n) is 1.46. The Morgan fingerprint density at radius 1 is 1.80 bits per heavy atom. The molecule has 0 aromatic heterocycles. The fourth-order valence-corrected chi connectivity index (χ4v) is 2.55. The van der Waals surface area contributed by atoms with Crippen LogP contribution in [0.1, 0.15) is 26.7 Å². The second-order valence-corrected chi connectivity index (χ2v) is 9.14. The average molecular weight is 351 g/mol. The predicted molar refractivity (Wildman–Crippen MR) is 96.9 cm³/mol. The molecular weight excluding hydrogens is 330 g/mol. The van der Waals surface area contributed by atoms with Crippen LogP contribution < -0.4 is 0 Å². The molecule has 0 bridgehead atoms. The summed E-state index contributed by atoms with van der Waals surface area (Å²) in [7, 11) is 1.41. The number of hydrazone groups is 1. The molecular formula is C13H21ClN2OP2S. The monoisotopic (exact) mass is 350 g/mol. The molecule has 0 spiro atoms. The normalized spacial score (nSPS) is 23.4. The van der Waals surface area contributed by atoms with Crippen molar-refractivity contribution in [2.24, 2.45) is 11.0 Å². The summed E-state index contributed by atoms with van der Waals surface area (Å²) in [6.45, 7) is 4.12. The molecule has 0 heterocycles. The van der Waals surface area contributed by atoms with E-state index in [1.807, 2.05) is 26.3 Å². The minimum Gasteiger partial charge on any atom is -0.478 e. The van der Waals surface area contributed by atoms with Crippen LogP contribution in [0.4, 0.5) is 0 Å². The van der Waals surface area contributed by atoms with Crippen molar-refractivity contribution in [3.63, 3.8) is 0 Å². The molecule has 20 heavy (non-hydrogen) atoms. The summed E-state index contributed by atoms with van der Waals surface area (Å²) in [4.78, 5) is 0. The molecule has 3 nitrogen and oxygen atoms in total. The summed E-state index contributed by atoms with van der Waals surface area (Å²) in [5.74, 6) is 1.17. The largest absolute Gasteiger partial charge is 0.478 e. The average Bonchev–Trinajstić information content (AvgIpc) is 2.45. The summed E-state index contributed by atoms with van der Waals surface area (Å²) in [5, 5.41) is 4.02. The van der Waals surface area contributed by atoms with Crippen molar-refractivity contribution in [1.82, 2.24) is 4.78 Å². The number of hydrogen-bond donors (Lipinski definition) is 0. The molecule has 3 unspecified atom stereocenters. The van der Waals surface area contributed by atoms with E-state index in [4.69, 9.17) is 27.8 Å². The zero-order valence-corrected chi connectivity index (χ0v) is 15.5. The third-order valence-corrected chi connectivity index (χ3v) is 6.57. The van der Waals surface area contributed by atoms with Crippen molar-refractivity contribution in [1.29, 1.82) is 0 Å². The predicted octanol–water partition coefficient (Wildman–Crippen LogP) is 4.63. The van der Waals surface area contributed by atoms with E-state index in [2.05, 4.69) is 30.5 Å².